The molecule has 2 nitrogen and oxygen atoms in total. The highest BCUT2D eigenvalue weighted by molar-refractivity contribution is 6.88. The maximum absolute atomic E-state index is 3.33. The van der Waals surface area contributed by atoms with E-state index in [-0.39, 0.29) is 0 Å². The Kier molecular flexibility index (Phi) is 3.38. The predicted molar refractivity (Wildman–Crippen MR) is 76.9 cm³/mol. The zero-order valence-corrected chi connectivity index (χ0v) is 11.8. The van der Waals surface area contributed by atoms with Gasteiger partial charge in [0.1, 0.15) is 0 Å². The SMILES string of the molecule is C[Si](C)(C)c1ccc(CNn2cccc2)cc1. The van der Waals surface area contributed by atoms with Crippen molar-refractivity contribution in [3.8, 4) is 0 Å². The first-order valence-corrected chi connectivity index (χ1v) is 9.52. The molecule has 3 heteroatoms. The maximum Gasteiger partial charge on any atom is 0.0775 e. The maximum atomic E-state index is 3.33. The van der Waals surface area contributed by atoms with Crippen LogP contribution in [0.2, 0.25) is 19.6 Å². The van der Waals surface area contributed by atoms with E-state index in [0.717, 1.165) is 6.54 Å². The fourth-order valence-corrected chi connectivity index (χ4v) is 2.91. The summed E-state index contributed by atoms with van der Waals surface area (Å²) in [5, 5.41) is 1.52. The second kappa shape index (κ2) is 4.80. The van der Waals surface area contributed by atoms with E-state index in [1.54, 1.807) is 0 Å². The summed E-state index contributed by atoms with van der Waals surface area (Å²) in [5.74, 6) is 0. The van der Waals surface area contributed by atoms with Crippen molar-refractivity contribution in [3.63, 3.8) is 0 Å². The third-order valence-corrected chi connectivity index (χ3v) is 4.96. The van der Waals surface area contributed by atoms with Gasteiger partial charge in [0.2, 0.25) is 0 Å². The number of nitrogens with zero attached hydrogens (tertiary/aromatic N) is 1. The van der Waals surface area contributed by atoms with Crippen molar-refractivity contribution in [3.05, 3.63) is 54.4 Å². The molecule has 0 atom stereocenters. The standard InChI is InChI=1S/C14H20N2Si/c1-17(2,3)14-8-6-13(7-9-14)12-15-16-10-4-5-11-16/h4-11,15H,12H2,1-3H3. The Morgan fingerprint density at radius 3 is 2.12 bits per heavy atom. The summed E-state index contributed by atoms with van der Waals surface area (Å²) >= 11 is 0. The first-order valence-electron chi connectivity index (χ1n) is 6.02. The summed E-state index contributed by atoms with van der Waals surface area (Å²) in [6.45, 7) is 7.99. The molecule has 0 saturated heterocycles. The van der Waals surface area contributed by atoms with Gasteiger partial charge in [0.15, 0.2) is 0 Å². The van der Waals surface area contributed by atoms with E-state index in [0.29, 0.717) is 0 Å². The Balaban J connectivity index is 1.99. The second-order valence-corrected chi connectivity index (χ2v) is 10.4. The van der Waals surface area contributed by atoms with Crippen molar-refractivity contribution in [2.24, 2.45) is 0 Å². The molecule has 1 aromatic heterocycles. The van der Waals surface area contributed by atoms with Gasteiger partial charge in [-0.3, -0.25) is 4.68 Å². The molecule has 0 aliphatic carbocycles. The van der Waals surface area contributed by atoms with Gasteiger partial charge in [0.25, 0.3) is 0 Å². The third-order valence-electron chi connectivity index (χ3n) is 2.89. The number of aromatic nitrogens is 1. The van der Waals surface area contributed by atoms with Crippen molar-refractivity contribution >= 4 is 13.3 Å². The van der Waals surface area contributed by atoms with E-state index in [1.165, 1.54) is 10.8 Å². The highest BCUT2D eigenvalue weighted by Crippen LogP contribution is 2.04. The number of hydrogen-bond donors (Lipinski definition) is 1. The minimum absolute atomic E-state index is 0.862. The second-order valence-electron chi connectivity index (χ2n) is 5.37. The van der Waals surface area contributed by atoms with E-state index in [9.17, 15) is 0 Å². The summed E-state index contributed by atoms with van der Waals surface area (Å²) in [5.41, 5.74) is 4.65. The van der Waals surface area contributed by atoms with Gasteiger partial charge >= 0.3 is 0 Å². The average Bonchev–Trinajstić information content (AvgIpc) is 2.78. The lowest BCUT2D eigenvalue weighted by Gasteiger charge is -2.17. The molecule has 0 fully saturated rings. The van der Waals surface area contributed by atoms with E-state index in [2.05, 4.69) is 49.3 Å². The molecule has 0 amide bonds. The fraction of sp³-hybridized carbons (Fsp3) is 0.286. The Morgan fingerprint density at radius 2 is 1.59 bits per heavy atom. The smallest absolute Gasteiger partial charge is 0.0775 e. The Hall–Kier alpha value is -1.48. The molecular formula is C14H20N2Si. The van der Waals surface area contributed by atoms with Crippen LogP contribution in [0.4, 0.5) is 0 Å². The highest BCUT2D eigenvalue weighted by Gasteiger charge is 2.15. The molecule has 0 bridgehead atoms. The Bertz CT molecular complexity index is 452. The highest BCUT2D eigenvalue weighted by atomic mass is 28.3. The zero-order valence-electron chi connectivity index (χ0n) is 10.8. The van der Waals surface area contributed by atoms with Crippen LogP contribution in [0.15, 0.2) is 48.8 Å². The van der Waals surface area contributed by atoms with Crippen LogP contribution in [0.1, 0.15) is 5.56 Å². The first-order chi connectivity index (χ1) is 8.05. The van der Waals surface area contributed by atoms with Gasteiger partial charge in [-0.2, -0.15) is 0 Å². The van der Waals surface area contributed by atoms with Gasteiger partial charge < -0.3 is 5.43 Å². The molecule has 2 rings (SSSR count). The first kappa shape index (κ1) is 12.0. The fourth-order valence-electron chi connectivity index (χ4n) is 1.75. The van der Waals surface area contributed by atoms with Gasteiger partial charge in [-0.25, -0.2) is 0 Å². The average molecular weight is 244 g/mol. The molecule has 1 N–H and O–H groups in total. The molecule has 0 saturated carbocycles. The summed E-state index contributed by atoms with van der Waals surface area (Å²) in [6.07, 6.45) is 4.02. The minimum Gasteiger partial charge on any atom is -0.322 e. The lowest BCUT2D eigenvalue weighted by Crippen LogP contribution is -2.37. The molecule has 0 aliphatic heterocycles. The summed E-state index contributed by atoms with van der Waals surface area (Å²) in [7, 11) is -1.16. The lowest BCUT2D eigenvalue weighted by atomic mass is 10.2. The summed E-state index contributed by atoms with van der Waals surface area (Å²) < 4.78 is 1.98. The monoisotopic (exact) mass is 244 g/mol. The van der Waals surface area contributed by atoms with Gasteiger partial charge in [-0.1, -0.05) is 49.1 Å². The van der Waals surface area contributed by atoms with Crippen LogP contribution in [-0.2, 0) is 6.54 Å². The number of nitrogens with one attached hydrogen (secondary N) is 1. The van der Waals surface area contributed by atoms with Crippen molar-refractivity contribution in [1.82, 2.24) is 4.68 Å². The van der Waals surface area contributed by atoms with Gasteiger partial charge in [-0.15, -0.1) is 0 Å². The van der Waals surface area contributed by atoms with Crippen molar-refractivity contribution in [2.75, 3.05) is 5.43 Å². The molecule has 0 spiro atoms. The van der Waals surface area contributed by atoms with Crippen molar-refractivity contribution < 1.29 is 0 Å². The van der Waals surface area contributed by atoms with Gasteiger partial charge in [-0.05, 0) is 17.7 Å². The number of hydrogen-bond acceptors (Lipinski definition) is 1. The minimum atomic E-state index is -1.16. The van der Waals surface area contributed by atoms with E-state index in [1.807, 2.05) is 29.2 Å². The molecule has 2 aromatic rings. The molecule has 1 aromatic carbocycles. The molecule has 0 unspecified atom stereocenters. The van der Waals surface area contributed by atoms with Crippen LogP contribution in [0.25, 0.3) is 0 Å². The van der Waals surface area contributed by atoms with Gasteiger partial charge in [0.05, 0.1) is 14.6 Å². The predicted octanol–water partition coefficient (Wildman–Crippen LogP) is 2.78. The van der Waals surface area contributed by atoms with Crippen LogP contribution in [0.3, 0.4) is 0 Å². The number of benzene rings is 1. The molecular weight excluding hydrogens is 224 g/mol. The zero-order chi connectivity index (χ0) is 12.3. The summed E-state index contributed by atoms with van der Waals surface area (Å²) in [4.78, 5) is 0. The topological polar surface area (TPSA) is 17.0 Å². The lowest BCUT2D eigenvalue weighted by molar-refractivity contribution is 0.847. The normalized spacial score (nSPS) is 11.5. The van der Waals surface area contributed by atoms with E-state index < -0.39 is 8.07 Å². The Morgan fingerprint density at radius 1 is 1.00 bits per heavy atom. The van der Waals surface area contributed by atoms with E-state index >= 15 is 0 Å². The van der Waals surface area contributed by atoms with E-state index in [4.69, 9.17) is 0 Å². The molecule has 90 valence electrons. The van der Waals surface area contributed by atoms with Crippen LogP contribution in [-0.4, -0.2) is 12.7 Å². The Labute approximate surface area is 104 Å². The van der Waals surface area contributed by atoms with Gasteiger partial charge in [0, 0.05) is 12.4 Å². The van der Waals surface area contributed by atoms with Crippen LogP contribution in [0, 0.1) is 0 Å². The molecule has 17 heavy (non-hydrogen) atoms. The summed E-state index contributed by atoms with van der Waals surface area (Å²) in [6, 6.07) is 13.0. The number of rotatable bonds is 4. The van der Waals surface area contributed by atoms with Crippen LogP contribution < -0.4 is 10.6 Å². The molecule has 0 radical (unpaired) electrons. The van der Waals surface area contributed by atoms with Crippen LogP contribution in [0.5, 0.6) is 0 Å². The largest absolute Gasteiger partial charge is 0.322 e. The molecule has 1 heterocycles. The van der Waals surface area contributed by atoms with Crippen molar-refractivity contribution in [2.45, 2.75) is 26.2 Å². The molecule has 0 aliphatic rings. The quantitative estimate of drug-likeness (QED) is 0.818. The third kappa shape index (κ3) is 3.23. The van der Waals surface area contributed by atoms with Crippen molar-refractivity contribution in [1.29, 1.82) is 0 Å². The van der Waals surface area contributed by atoms with Crippen LogP contribution >= 0.6 is 0 Å².